The van der Waals surface area contributed by atoms with Crippen molar-refractivity contribution in [3.63, 3.8) is 0 Å². The Hall–Kier alpha value is -1.16. The summed E-state index contributed by atoms with van der Waals surface area (Å²) in [7, 11) is -4.52. The van der Waals surface area contributed by atoms with Crippen molar-refractivity contribution >= 4 is 28.5 Å². The monoisotopic (exact) mass is 509 g/mol. The van der Waals surface area contributed by atoms with E-state index in [0.29, 0.717) is 23.2 Å². The molecule has 2 atom stereocenters. The third-order valence-electron chi connectivity index (χ3n) is 6.97. The van der Waals surface area contributed by atoms with Crippen LogP contribution in [-0.4, -0.2) is 48.6 Å². The summed E-state index contributed by atoms with van der Waals surface area (Å²) < 4.78 is 18.9. The molecule has 0 spiro atoms. The lowest BCUT2D eigenvalue weighted by Gasteiger charge is -2.41. The number of benzene rings is 1. The van der Waals surface area contributed by atoms with E-state index in [0.717, 1.165) is 31.1 Å². The van der Waals surface area contributed by atoms with Gasteiger partial charge in [-0.05, 0) is 68.0 Å². The van der Waals surface area contributed by atoms with Crippen LogP contribution in [0.3, 0.4) is 0 Å². The van der Waals surface area contributed by atoms with Gasteiger partial charge in [-0.15, -0.1) is 0 Å². The summed E-state index contributed by atoms with van der Waals surface area (Å²) >= 11 is 0. The predicted molar refractivity (Wildman–Crippen MR) is 149 cm³/mol. The molecule has 0 saturated heterocycles. The summed E-state index contributed by atoms with van der Waals surface area (Å²) in [6, 6.07) is 11.1. The smallest absolute Gasteiger partial charge is 0.335 e. The molecule has 0 heterocycles. The van der Waals surface area contributed by atoms with E-state index in [2.05, 4.69) is 79.0 Å². The summed E-state index contributed by atoms with van der Waals surface area (Å²) in [5, 5.41) is 0. The number of rotatable bonds is 16. The molecule has 0 saturated carbocycles. The Balaban J connectivity index is 2.99. The summed E-state index contributed by atoms with van der Waals surface area (Å²) in [4.78, 5) is 15.5. The van der Waals surface area contributed by atoms with Crippen LogP contribution in [0.15, 0.2) is 30.3 Å². The van der Waals surface area contributed by atoms with Crippen molar-refractivity contribution in [1.29, 1.82) is 0 Å². The molecule has 1 aromatic carbocycles. The molecular formula is C27H51NO4Si2. The van der Waals surface area contributed by atoms with Crippen molar-refractivity contribution in [2.75, 3.05) is 24.6 Å². The van der Waals surface area contributed by atoms with Crippen LogP contribution in [0.5, 0.6) is 0 Å². The quantitative estimate of drug-likeness (QED) is 0.216. The van der Waals surface area contributed by atoms with Crippen LogP contribution in [0.4, 0.5) is 5.69 Å². The lowest BCUT2D eigenvalue weighted by molar-refractivity contribution is -0.134. The highest BCUT2D eigenvalue weighted by Crippen LogP contribution is 2.42. The highest BCUT2D eigenvalue weighted by Gasteiger charge is 2.48. The lowest BCUT2D eigenvalue weighted by atomic mass is 10.2. The average Bonchev–Trinajstić information content (AvgIpc) is 2.76. The maximum atomic E-state index is 13.3. The summed E-state index contributed by atoms with van der Waals surface area (Å²) in [5.74, 6) is -0.104. The first kappa shape index (κ1) is 30.9. The number of anilines is 1. The van der Waals surface area contributed by atoms with Gasteiger partial charge in [-0.3, -0.25) is 4.79 Å². The molecule has 1 rings (SSSR count). The van der Waals surface area contributed by atoms with Gasteiger partial charge in [0.05, 0.1) is 0 Å². The third-order valence-corrected chi connectivity index (χ3v) is 16.0. The van der Waals surface area contributed by atoms with E-state index in [9.17, 15) is 4.79 Å². The first-order valence-corrected chi connectivity index (χ1v) is 17.9. The largest absolute Gasteiger partial charge is 0.517 e. The normalized spacial score (nSPS) is 15.0. The van der Waals surface area contributed by atoms with Crippen molar-refractivity contribution < 1.29 is 18.1 Å². The molecule has 0 radical (unpaired) electrons. The molecule has 1 aromatic rings. The minimum absolute atomic E-state index is 0.104. The molecule has 0 aromatic heterocycles. The number of para-hydroxylation sites is 1. The maximum absolute atomic E-state index is 13.3. The fourth-order valence-electron chi connectivity index (χ4n) is 5.25. The van der Waals surface area contributed by atoms with Crippen LogP contribution in [0.1, 0.15) is 75.2 Å². The highest BCUT2D eigenvalue weighted by molar-refractivity contribution is 6.79. The molecule has 2 unspecified atom stereocenters. The van der Waals surface area contributed by atoms with E-state index in [1.165, 1.54) is 0 Å². The van der Waals surface area contributed by atoms with Crippen LogP contribution in [0, 0.1) is 0 Å². The lowest BCUT2D eigenvalue weighted by Crippen LogP contribution is -2.51. The van der Waals surface area contributed by atoms with Gasteiger partial charge in [0.1, 0.15) is 6.54 Å². The molecule has 5 nitrogen and oxygen atoms in total. The Labute approximate surface area is 211 Å². The van der Waals surface area contributed by atoms with Gasteiger partial charge in [-0.25, -0.2) is 0 Å². The molecule has 0 amide bonds. The number of carbonyl (C=O) groups excluding carboxylic acids is 1. The van der Waals surface area contributed by atoms with Crippen LogP contribution in [0.25, 0.3) is 0 Å². The zero-order valence-corrected chi connectivity index (χ0v) is 25.5. The fraction of sp³-hybridized carbons (Fsp3) is 0.741. The first-order chi connectivity index (χ1) is 15.9. The van der Waals surface area contributed by atoms with Crippen LogP contribution < -0.4 is 4.90 Å². The second kappa shape index (κ2) is 14.4. The van der Waals surface area contributed by atoms with Gasteiger partial charge < -0.3 is 18.2 Å². The van der Waals surface area contributed by atoms with E-state index in [4.69, 9.17) is 13.3 Å². The Morgan fingerprint density at radius 3 is 1.97 bits per heavy atom. The minimum atomic E-state index is -2.26. The van der Waals surface area contributed by atoms with E-state index in [-0.39, 0.29) is 18.6 Å². The molecule has 0 fully saturated rings. The summed E-state index contributed by atoms with van der Waals surface area (Å²) in [6.45, 7) is 23.4. The molecule has 196 valence electrons. The maximum Gasteiger partial charge on any atom is 0.335 e. The van der Waals surface area contributed by atoms with Crippen molar-refractivity contribution in [3.8, 4) is 0 Å². The number of hydrogen-bond donors (Lipinski definition) is 0. The Bertz CT molecular complexity index is 692. The van der Waals surface area contributed by atoms with Gasteiger partial charge in [0.15, 0.2) is 0 Å². The fourth-order valence-corrected chi connectivity index (χ4v) is 13.2. The van der Waals surface area contributed by atoms with Crippen molar-refractivity contribution in [1.82, 2.24) is 0 Å². The Morgan fingerprint density at radius 1 is 0.941 bits per heavy atom. The van der Waals surface area contributed by atoms with Crippen molar-refractivity contribution in [2.24, 2.45) is 0 Å². The molecule has 34 heavy (non-hydrogen) atoms. The van der Waals surface area contributed by atoms with Gasteiger partial charge in [0.2, 0.25) is 0 Å². The molecule has 0 aliphatic heterocycles. The van der Waals surface area contributed by atoms with Crippen LogP contribution in [-0.2, 0) is 18.1 Å². The van der Waals surface area contributed by atoms with E-state index in [1.807, 2.05) is 25.1 Å². The average molecular weight is 510 g/mol. The zero-order chi connectivity index (χ0) is 25.9. The minimum Gasteiger partial charge on any atom is -0.517 e. The van der Waals surface area contributed by atoms with Crippen LogP contribution in [0.2, 0.25) is 29.2 Å². The second-order valence-corrected chi connectivity index (χ2v) is 19.2. The van der Waals surface area contributed by atoms with Gasteiger partial charge in [0.25, 0.3) is 8.32 Å². The van der Waals surface area contributed by atoms with Gasteiger partial charge >= 0.3 is 14.5 Å². The Kier molecular flexibility index (Phi) is 13.1. The zero-order valence-electron chi connectivity index (χ0n) is 23.5. The van der Waals surface area contributed by atoms with Gasteiger partial charge in [0, 0.05) is 24.9 Å². The molecular weight excluding hydrogens is 458 g/mol. The van der Waals surface area contributed by atoms with E-state index < -0.39 is 16.9 Å². The van der Waals surface area contributed by atoms with E-state index in [1.54, 1.807) is 0 Å². The van der Waals surface area contributed by atoms with Gasteiger partial charge in [-0.1, -0.05) is 66.7 Å². The Morgan fingerprint density at radius 2 is 1.50 bits per heavy atom. The summed E-state index contributed by atoms with van der Waals surface area (Å²) in [5.41, 5.74) is 2.17. The highest BCUT2D eigenvalue weighted by atomic mass is 28.4. The van der Waals surface area contributed by atoms with Gasteiger partial charge in [-0.2, -0.15) is 0 Å². The molecule has 7 heteroatoms. The molecule has 0 N–H and O–H groups in total. The molecule has 0 bridgehead atoms. The van der Waals surface area contributed by atoms with Crippen LogP contribution >= 0.6 is 0 Å². The molecule has 0 aliphatic rings. The number of hydrogen-bond acceptors (Lipinski definition) is 5. The first-order valence-electron chi connectivity index (χ1n) is 13.2. The topological polar surface area (TPSA) is 48.0 Å². The van der Waals surface area contributed by atoms with Crippen molar-refractivity contribution in [3.05, 3.63) is 30.3 Å². The van der Waals surface area contributed by atoms with E-state index >= 15 is 0 Å². The SMILES string of the molecule is CCO[Si](C)(CCCN(CC(=O)O[Si](C(C)C)(C(C)C)C(C)C)c1ccccc1)OC(C)CC. The van der Waals surface area contributed by atoms with Crippen molar-refractivity contribution in [2.45, 2.75) is 110 Å². The standard InChI is InChI=1S/C27H51NO4Si2/c1-11-25(9)31-33(10,30-12-2)20-16-19-28(26-17-14-13-15-18-26)21-27(29)32-34(22(3)4,23(5)6)24(7)8/h13-15,17-18,22-25H,11-12,16,19-21H2,1-10H3. The third kappa shape index (κ3) is 8.81. The summed E-state index contributed by atoms with van der Waals surface area (Å²) in [6.07, 6.45) is 2.08. The second-order valence-electron chi connectivity index (χ2n) is 10.6. The number of nitrogens with zero attached hydrogens (tertiary/aromatic N) is 1. The molecule has 0 aliphatic carbocycles. The number of carbonyl (C=O) groups is 1. The predicted octanol–water partition coefficient (Wildman–Crippen LogP) is 7.53.